The Morgan fingerprint density at radius 3 is 2.64 bits per heavy atom. The molecule has 0 aliphatic carbocycles. The van der Waals surface area contributed by atoms with Crippen molar-refractivity contribution in [2.75, 3.05) is 6.61 Å². The largest absolute Gasteiger partial charge is 0.494 e. The zero-order valence-electron chi connectivity index (χ0n) is 18.5. The molecule has 3 aromatic rings. The number of hydrogen-bond donors (Lipinski definition) is 1. The number of fused-ring (bicyclic) bond motifs is 1. The van der Waals surface area contributed by atoms with E-state index in [1.807, 2.05) is 24.3 Å². The van der Waals surface area contributed by atoms with Gasteiger partial charge >= 0.3 is 0 Å². The Morgan fingerprint density at radius 1 is 1.21 bits per heavy atom. The minimum absolute atomic E-state index is 0.136. The van der Waals surface area contributed by atoms with Crippen molar-refractivity contribution < 1.29 is 23.4 Å². The highest BCUT2D eigenvalue weighted by atomic mass is 19.3. The van der Waals surface area contributed by atoms with Gasteiger partial charge in [-0.2, -0.15) is 10.1 Å². The van der Waals surface area contributed by atoms with Gasteiger partial charge in [0.1, 0.15) is 5.75 Å². The number of rotatable bonds is 7. The monoisotopic (exact) mass is 453 g/mol. The maximum Gasteiger partial charge on any atom is 0.287 e. The minimum atomic E-state index is -3.17. The molecule has 1 aromatic heterocycles. The molecule has 0 saturated carbocycles. The topological polar surface area (TPSA) is 75.0 Å². The second kappa shape index (κ2) is 9.23. The van der Waals surface area contributed by atoms with Gasteiger partial charge in [-0.15, -0.1) is 0 Å². The van der Waals surface area contributed by atoms with E-state index < -0.39 is 24.5 Å². The number of ether oxygens (including phenoxy) is 1. The van der Waals surface area contributed by atoms with Gasteiger partial charge in [0, 0.05) is 23.1 Å². The molecule has 2 aromatic carbocycles. The van der Waals surface area contributed by atoms with E-state index in [2.05, 4.69) is 17.0 Å². The molecule has 8 heteroatoms. The summed E-state index contributed by atoms with van der Waals surface area (Å²) in [4.78, 5) is 18.0. The van der Waals surface area contributed by atoms with Crippen molar-refractivity contribution in [2.45, 2.75) is 45.3 Å². The Morgan fingerprint density at radius 2 is 1.94 bits per heavy atom. The van der Waals surface area contributed by atoms with Crippen molar-refractivity contribution >= 4 is 22.5 Å². The molecule has 2 heterocycles. The third kappa shape index (κ3) is 4.43. The summed E-state index contributed by atoms with van der Waals surface area (Å²) >= 11 is 0. The van der Waals surface area contributed by atoms with E-state index in [1.165, 1.54) is 6.92 Å². The summed E-state index contributed by atoms with van der Waals surface area (Å²) < 4.78 is 33.1. The Balaban J connectivity index is 1.74. The van der Waals surface area contributed by atoms with E-state index in [0.29, 0.717) is 28.2 Å². The normalized spacial score (nSPS) is 18.1. The van der Waals surface area contributed by atoms with Crippen LogP contribution in [-0.4, -0.2) is 45.5 Å². The molecule has 0 unspecified atom stereocenters. The van der Waals surface area contributed by atoms with E-state index >= 15 is 0 Å². The third-order valence-electron chi connectivity index (χ3n) is 5.56. The molecule has 0 spiro atoms. The van der Waals surface area contributed by atoms with E-state index in [1.54, 1.807) is 30.3 Å². The molecular formula is C25H25F2N3O3. The molecule has 1 aliphatic rings. The van der Waals surface area contributed by atoms with E-state index in [0.717, 1.165) is 24.2 Å². The van der Waals surface area contributed by atoms with Crippen molar-refractivity contribution in [1.29, 1.82) is 0 Å². The first-order valence-electron chi connectivity index (χ1n) is 10.9. The summed E-state index contributed by atoms with van der Waals surface area (Å²) in [5.74, 6) is -0.0813. The number of para-hydroxylation sites is 1. The van der Waals surface area contributed by atoms with Gasteiger partial charge in [0.25, 0.3) is 12.3 Å². The lowest BCUT2D eigenvalue weighted by atomic mass is 10.0. The highest BCUT2D eigenvalue weighted by molar-refractivity contribution is 6.08. The molecule has 6 nitrogen and oxygen atoms in total. The van der Waals surface area contributed by atoms with Crippen molar-refractivity contribution in [3.63, 3.8) is 0 Å². The number of amides is 1. The molecule has 1 N–H and O–H groups in total. The molecule has 0 radical (unpaired) electrons. The second-order valence-electron chi connectivity index (χ2n) is 8.11. The number of unbranched alkanes of at least 4 members (excludes halogenated alkanes) is 1. The first-order chi connectivity index (χ1) is 15.8. The first kappa shape index (κ1) is 22.8. The van der Waals surface area contributed by atoms with E-state index in [4.69, 9.17) is 4.74 Å². The van der Waals surface area contributed by atoms with Gasteiger partial charge in [-0.25, -0.2) is 13.8 Å². The summed E-state index contributed by atoms with van der Waals surface area (Å²) in [6.07, 6.45) is -1.58. The predicted octanol–water partition coefficient (Wildman–Crippen LogP) is 5.26. The minimum Gasteiger partial charge on any atom is -0.494 e. The number of carbonyl (C=O) groups is 1. The predicted molar refractivity (Wildman–Crippen MR) is 122 cm³/mol. The molecule has 33 heavy (non-hydrogen) atoms. The van der Waals surface area contributed by atoms with Crippen LogP contribution in [0.15, 0.2) is 59.7 Å². The van der Waals surface area contributed by atoms with Crippen LogP contribution in [0.3, 0.4) is 0 Å². The number of hydrazone groups is 1. The number of pyridine rings is 1. The van der Waals surface area contributed by atoms with Crippen LogP contribution in [0.25, 0.3) is 22.2 Å². The number of aliphatic hydroxyl groups is 1. The van der Waals surface area contributed by atoms with Gasteiger partial charge in [0.2, 0.25) is 5.72 Å². The maximum absolute atomic E-state index is 13.7. The van der Waals surface area contributed by atoms with Crippen molar-refractivity contribution in [3.05, 3.63) is 60.2 Å². The summed E-state index contributed by atoms with van der Waals surface area (Å²) in [5, 5.41) is 15.4. The highest BCUT2D eigenvalue weighted by Crippen LogP contribution is 2.35. The number of halogens is 2. The third-order valence-corrected chi connectivity index (χ3v) is 5.56. The molecule has 172 valence electrons. The lowest BCUT2D eigenvalue weighted by molar-refractivity contribution is -0.164. The van der Waals surface area contributed by atoms with Crippen molar-refractivity contribution in [2.24, 2.45) is 5.10 Å². The fourth-order valence-electron chi connectivity index (χ4n) is 3.81. The lowest BCUT2D eigenvalue weighted by Crippen LogP contribution is -2.51. The van der Waals surface area contributed by atoms with Crippen molar-refractivity contribution in [1.82, 2.24) is 9.99 Å². The second-order valence-corrected chi connectivity index (χ2v) is 8.11. The smallest absolute Gasteiger partial charge is 0.287 e. The lowest BCUT2D eigenvalue weighted by Gasteiger charge is -2.30. The Hall–Kier alpha value is -3.39. The van der Waals surface area contributed by atoms with Gasteiger partial charge < -0.3 is 9.84 Å². The van der Waals surface area contributed by atoms with Gasteiger partial charge in [-0.1, -0.05) is 31.5 Å². The molecule has 0 saturated heterocycles. The van der Waals surface area contributed by atoms with Crippen LogP contribution in [0.2, 0.25) is 0 Å². The van der Waals surface area contributed by atoms with Gasteiger partial charge in [0.15, 0.2) is 0 Å². The van der Waals surface area contributed by atoms with Gasteiger partial charge in [-0.05, 0) is 49.7 Å². The number of alkyl halides is 2. The average molecular weight is 453 g/mol. The summed E-state index contributed by atoms with van der Waals surface area (Å²) in [7, 11) is 0. The van der Waals surface area contributed by atoms with Crippen LogP contribution in [0.5, 0.6) is 5.75 Å². The van der Waals surface area contributed by atoms with Gasteiger partial charge in [0.05, 0.1) is 23.4 Å². The zero-order valence-corrected chi connectivity index (χ0v) is 18.5. The standard InChI is InChI=1S/C25H25F2N3O3/c1-3-4-13-33-18-11-9-17(10-12-18)22-14-20(19-7-5-6-8-21(19)28-22)23(31)30-25(32,24(26)27)15-16(2)29-30/h5-12,14,24,32H,3-4,13,15H2,1-2H3/t25-/m0/s1. The molecule has 1 amide bonds. The molecule has 1 atom stereocenters. The van der Waals surface area contributed by atoms with Crippen LogP contribution < -0.4 is 4.74 Å². The number of benzene rings is 2. The van der Waals surface area contributed by atoms with E-state index in [9.17, 15) is 18.7 Å². The Bertz CT molecular complexity index is 1200. The summed E-state index contributed by atoms with van der Waals surface area (Å²) in [6, 6.07) is 15.8. The van der Waals surface area contributed by atoms with Crippen LogP contribution in [0.1, 0.15) is 43.5 Å². The fourth-order valence-corrected chi connectivity index (χ4v) is 3.81. The average Bonchev–Trinajstić information content (AvgIpc) is 3.14. The first-order valence-corrected chi connectivity index (χ1v) is 10.9. The van der Waals surface area contributed by atoms with Crippen LogP contribution >= 0.6 is 0 Å². The molecule has 4 rings (SSSR count). The van der Waals surface area contributed by atoms with E-state index in [-0.39, 0.29) is 11.3 Å². The maximum atomic E-state index is 13.7. The molecular weight excluding hydrogens is 428 g/mol. The Kier molecular flexibility index (Phi) is 6.37. The van der Waals surface area contributed by atoms with Crippen molar-refractivity contribution in [3.8, 4) is 17.0 Å². The summed E-state index contributed by atoms with van der Waals surface area (Å²) in [5.41, 5.74) is -0.522. The quantitative estimate of drug-likeness (QED) is 0.496. The van der Waals surface area contributed by atoms with Gasteiger partial charge in [-0.3, -0.25) is 4.79 Å². The number of carbonyl (C=O) groups excluding carboxylic acids is 1. The fraction of sp³-hybridized carbons (Fsp3) is 0.320. The van der Waals surface area contributed by atoms with Crippen LogP contribution in [-0.2, 0) is 0 Å². The number of hydrogen-bond acceptors (Lipinski definition) is 5. The molecule has 0 bridgehead atoms. The Labute approximate surface area is 190 Å². The highest BCUT2D eigenvalue weighted by Gasteiger charge is 2.51. The van der Waals surface area contributed by atoms with Crippen LogP contribution in [0, 0.1) is 0 Å². The number of aromatic nitrogens is 1. The SMILES string of the molecule is CCCCOc1ccc(-c2cc(C(=O)N3N=C(C)C[C@]3(O)C(F)F)c3ccccc3n2)cc1. The number of nitrogens with zero attached hydrogens (tertiary/aromatic N) is 3. The zero-order chi connectivity index (χ0) is 23.6. The summed E-state index contributed by atoms with van der Waals surface area (Å²) in [6.45, 7) is 4.22. The molecule has 1 aliphatic heterocycles. The van der Waals surface area contributed by atoms with Crippen LogP contribution in [0.4, 0.5) is 8.78 Å². The molecule has 0 fully saturated rings.